The van der Waals surface area contributed by atoms with Gasteiger partial charge in [0.15, 0.2) is 0 Å². The molecule has 1 saturated heterocycles. The lowest BCUT2D eigenvalue weighted by molar-refractivity contribution is -0.133. The number of nitrogens with zero attached hydrogens (tertiary/aromatic N) is 1. The molecule has 176 valence electrons. The number of carbonyl (C=O) groups excluding carboxylic acids is 2. The first-order valence-corrected chi connectivity index (χ1v) is 12.2. The molecule has 3 atom stereocenters. The Morgan fingerprint density at radius 2 is 1.82 bits per heavy atom. The van der Waals surface area contributed by atoms with E-state index in [1.807, 2.05) is 29.2 Å². The van der Waals surface area contributed by atoms with Crippen molar-refractivity contribution in [2.75, 3.05) is 32.8 Å². The summed E-state index contributed by atoms with van der Waals surface area (Å²) in [5.74, 6) is 0.0818. The van der Waals surface area contributed by atoms with Gasteiger partial charge in [-0.15, -0.1) is 0 Å². The monoisotopic (exact) mass is 489 g/mol. The lowest BCUT2D eigenvalue weighted by Crippen LogP contribution is -2.50. The zero-order chi connectivity index (χ0) is 23.2. The lowest BCUT2D eigenvalue weighted by atomic mass is 10.1. The van der Waals surface area contributed by atoms with Gasteiger partial charge in [-0.1, -0.05) is 47.5 Å². The van der Waals surface area contributed by atoms with Crippen LogP contribution in [0.2, 0.25) is 10.0 Å². The number of hydrogen-bond acceptors (Lipinski definition) is 4. The van der Waals surface area contributed by atoms with Crippen LogP contribution in [0.1, 0.15) is 41.1 Å². The van der Waals surface area contributed by atoms with Crippen LogP contribution in [-0.4, -0.2) is 61.6 Å². The van der Waals surface area contributed by atoms with Gasteiger partial charge in [0.2, 0.25) is 5.91 Å². The molecule has 2 aromatic carbocycles. The minimum Gasteiger partial charge on any atom is -0.377 e. The number of amides is 2. The minimum atomic E-state index is -0.694. The molecule has 0 radical (unpaired) electrons. The number of likely N-dealkylation sites (tertiary alicyclic amines) is 1. The SMILES string of the molecule is O=C(N[C@@H](COCCN[C@@H]1C[C@H]1c1ccc(Cl)c(Cl)c1)C(=O)N1CCCC1)c1ccccc1. The van der Waals surface area contributed by atoms with Crippen molar-refractivity contribution in [3.63, 3.8) is 0 Å². The second-order valence-electron chi connectivity index (χ2n) is 8.58. The smallest absolute Gasteiger partial charge is 0.251 e. The Balaban J connectivity index is 1.23. The molecule has 1 heterocycles. The van der Waals surface area contributed by atoms with E-state index < -0.39 is 6.04 Å². The van der Waals surface area contributed by atoms with Gasteiger partial charge in [0.1, 0.15) is 6.04 Å². The van der Waals surface area contributed by atoms with E-state index in [2.05, 4.69) is 10.6 Å². The van der Waals surface area contributed by atoms with Crippen LogP contribution in [-0.2, 0) is 9.53 Å². The summed E-state index contributed by atoms with van der Waals surface area (Å²) in [5, 5.41) is 7.49. The molecular formula is C25H29Cl2N3O3. The van der Waals surface area contributed by atoms with Crippen molar-refractivity contribution in [3.8, 4) is 0 Å². The predicted octanol–water partition coefficient (Wildman–Crippen LogP) is 3.88. The van der Waals surface area contributed by atoms with Crippen LogP contribution in [0.4, 0.5) is 0 Å². The van der Waals surface area contributed by atoms with E-state index in [-0.39, 0.29) is 18.4 Å². The molecular weight excluding hydrogens is 461 g/mol. The maximum absolute atomic E-state index is 12.9. The van der Waals surface area contributed by atoms with Crippen LogP contribution in [0.5, 0.6) is 0 Å². The van der Waals surface area contributed by atoms with Gasteiger partial charge >= 0.3 is 0 Å². The number of carbonyl (C=O) groups is 2. The first-order chi connectivity index (χ1) is 16.0. The van der Waals surface area contributed by atoms with Gasteiger partial charge in [0.25, 0.3) is 5.91 Å². The van der Waals surface area contributed by atoms with Crippen LogP contribution in [0.3, 0.4) is 0 Å². The van der Waals surface area contributed by atoms with Gasteiger partial charge in [-0.05, 0) is 49.1 Å². The van der Waals surface area contributed by atoms with Crippen LogP contribution >= 0.6 is 23.2 Å². The van der Waals surface area contributed by atoms with Crippen molar-refractivity contribution < 1.29 is 14.3 Å². The van der Waals surface area contributed by atoms with Gasteiger partial charge in [-0.25, -0.2) is 0 Å². The number of benzene rings is 2. The van der Waals surface area contributed by atoms with Crippen molar-refractivity contribution in [2.24, 2.45) is 0 Å². The summed E-state index contributed by atoms with van der Waals surface area (Å²) in [7, 11) is 0. The highest BCUT2D eigenvalue weighted by Gasteiger charge is 2.38. The number of rotatable bonds is 10. The van der Waals surface area contributed by atoms with Crippen LogP contribution in [0, 0.1) is 0 Å². The molecule has 2 N–H and O–H groups in total. The van der Waals surface area contributed by atoms with Gasteiger partial charge in [-0.2, -0.15) is 0 Å². The topological polar surface area (TPSA) is 70.7 Å². The third-order valence-electron chi connectivity index (χ3n) is 6.16. The number of ether oxygens (including phenoxy) is 1. The number of hydrogen-bond donors (Lipinski definition) is 2. The summed E-state index contributed by atoms with van der Waals surface area (Å²) >= 11 is 12.1. The Bertz CT molecular complexity index is 967. The van der Waals surface area contributed by atoms with Crippen LogP contribution < -0.4 is 10.6 Å². The van der Waals surface area contributed by atoms with Crippen LogP contribution in [0.25, 0.3) is 0 Å². The quantitative estimate of drug-likeness (QED) is 0.496. The molecule has 2 aromatic rings. The molecule has 33 heavy (non-hydrogen) atoms. The molecule has 6 nitrogen and oxygen atoms in total. The Morgan fingerprint density at radius 1 is 1.06 bits per heavy atom. The molecule has 0 aromatic heterocycles. The Kier molecular flexibility index (Phi) is 8.25. The van der Waals surface area contributed by atoms with Crippen molar-refractivity contribution in [2.45, 2.75) is 37.3 Å². The molecule has 1 aliphatic carbocycles. The molecule has 0 spiro atoms. The van der Waals surface area contributed by atoms with Crippen LogP contribution in [0.15, 0.2) is 48.5 Å². The molecule has 8 heteroatoms. The van der Waals surface area contributed by atoms with E-state index >= 15 is 0 Å². The second kappa shape index (κ2) is 11.3. The number of nitrogens with one attached hydrogen (secondary N) is 2. The van der Waals surface area contributed by atoms with E-state index in [0.717, 1.165) is 32.4 Å². The first kappa shape index (κ1) is 24.0. The van der Waals surface area contributed by atoms with E-state index in [9.17, 15) is 9.59 Å². The highest BCUT2D eigenvalue weighted by atomic mass is 35.5. The molecule has 0 bridgehead atoms. The zero-order valence-corrected chi connectivity index (χ0v) is 19.9. The van der Waals surface area contributed by atoms with E-state index in [1.54, 1.807) is 24.3 Å². The van der Waals surface area contributed by atoms with Gasteiger partial charge in [0, 0.05) is 37.2 Å². The Hall–Kier alpha value is -2.12. The summed E-state index contributed by atoms with van der Waals surface area (Å²) in [6.07, 6.45) is 3.04. The molecule has 0 unspecified atom stereocenters. The summed E-state index contributed by atoms with van der Waals surface area (Å²) in [6.45, 7) is 2.73. The van der Waals surface area contributed by atoms with Gasteiger partial charge in [-0.3, -0.25) is 9.59 Å². The normalized spacial score (nSPS) is 20.5. The molecule has 4 rings (SSSR count). The summed E-state index contributed by atoms with van der Waals surface area (Å²) in [4.78, 5) is 27.4. The third kappa shape index (κ3) is 6.48. The molecule has 2 amide bonds. The first-order valence-electron chi connectivity index (χ1n) is 11.4. The number of halogens is 2. The summed E-state index contributed by atoms with van der Waals surface area (Å²) in [6, 6.07) is 14.4. The predicted molar refractivity (Wildman–Crippen MR) is 130 cm³/mol. The van der Waals surface area contributed by atoms with Crippen molar-refractivity contribution in [1.29, 1.82) is 0 Å². The zero-order valence-electron chi connectivity index (χ0n) is 18.4. The average molecular weight is 490 g/mol. The van der Waals surface area contributed by atoms with E-state index in [1.165, 1.54) is 5.56 Å². The maximum Gasteiger partial charge on any atom is 0.251 e. The third-order valence-corrected chi connectivity index (χ3v) is 6.90. The van der Waals surface area contributed by atoms with E-state index in [4.69, 9.17) is 27.9 Å². The highest BCUT2D eigenvalue weighted by molar-refractivity contribution is 6.42. The molecule has 2 aliphatic rings. The maximum atomic E-state index is 12.9. The standard InChI is InChI=1S/C25H29Cl2N3O3/c26-20-9-8-18(14-21(20)27)19-15-22(19)28-10-13-33-16-23(25(32)30-11-4-5-12-30)29-24(31)17-6-2-1-3-7-17/h1-3,6-9,14,19,22-23,28H,4-5,10-13,15-16H2,(H,29,31)/t19-,22+,23-/m0/s1. The molecule has 2 fully saturated rings. The average Bonchev–Trinajstić information content (AvgIpc) is 3.38. The Morgan fingerprint density at radius 3 is 2.55 bits per heavy atom. The summed E-state index contributed by atoms with van der Waals surface area (Å²) < 4.78 is 5.80. The highest BCUT2D eigenvalue weighted by Crippen LogP contribution is 2.42. The second-order valence-corrected chi connectivity index (χ2v) is 9.39. The van der Waals surface area contributed by atoms with Gasteiger partial charge < -0.3 is 20.3 Å². The van der Waals surface area contributed by atoms with E-state index in [0.29, 0.717) is 40.7 Å². The minimum absolute atomic E-state index is 0.0772. The molecule has 1 saturated carbocycles. The van der Waals surface area contributed by atoms with Gasteiger partial charge in [0.05, 0.1) is 23.3 Å². The molecule has 1 aliphatic heterocycles. The van der Waals surface area contributed by atoms with Crippen molar-refractivity contribution >= 4 is 35.0 Å². The fourth-order valence-corrected chi connectivity index (χ4v) is 4.52. The summed E-state index contributed by atoms with van der Waals surface area (Å²) in [5.41, 5.74) is 1.71. The fraction of sp³-hybridized carbons (Fsp3) is 0.440. The lowest BCUT2D eigenvalue weighted by Gasteiger charge is -2.24. The van der Waals surface area contributed by atoms with Crippen molar-refractivity contribution in [1.82, 2.24) is 15.5 Å². The Labute approximate surface area is 204 Å². The largest absolute Gasteiger partial charge is 0.377 e. The van der Waals surface area contributed by atoms with Crippen molar-refractivity contribution in [3.05, 3.63) is 69.7 Å². The fourth-order valence-electron chi connectivity index (χ4n) is 4.21.